The van der Waals surface area contributed by atoms with Crippen LogP contribution in [0.3, 0.4) is 0 Å². The van der Waals surface area contributed by atoms with E-state index in [1.54, 1.807) is 67.8 Å². The third kappa shape index (κ3) is 6.43. The molecule has 3 heterocycles. The Morgan fingerprint density at radius 1 is 1.02 bits per heavy atom. The number of alkyl halides is 3. The Kier molecular flexibility index (Phi) is 8.70. The Morgan fingerprint density at radius 3 is 2.45 bits per heavy atom. The van der Waals surface area contributed by atoms with Crippen LogP contribution in [0.2, 0.25) is 0 Å². The molecule has 0 saturated heterocycles. The highest BCUT2D eigenvalue weighted by atomic mass is 19.4. The number of carbonyl (C=O) groups is 1. The van der Waals surface area contributed by atoms with Gasteiger partial charge in [-0.3, -0.25) is 19.1 Å². The molecule has 0 aliphatic carbocycles. The van der Waals surface area contributed by atoms with Gasteiger partial charge in [0.15, 0.2) is 5.65 Å². The summed E-state index contributed by atoms with van der Waals surface area (Å²) in [5.74, 6) is -1.23. The highest BCUT2D eigenvalue weighted by molar-refractivity contribution is 5.79. The van der Waals surface area contributed by atoms with E-state index in [9.17, 15) is 27.2 Å². The van der Waals surface area contributed by atoms with E-state index in [-0.39, 0.29) is 29.0 Å². The molecule has 226 valence electrons. The first-order valence-electron chi connectivity index (χ1n) is 13.7. The van der Waals surface area contributed by atoms with Gasteiger partial charge in [0.05, 0.1) is 35.7 Å². The molecule has 0 saturated carbocycles. The number of aromatic nitrogens is 4. The topological polar surface area (TPSA) is 90.2 Å². The van der Waals surface area contributed by atoms with Crippen LogP contribution in [0.4, 0.5) is 17.6 Å². The molecule has 0 fully saturated rings. The summed E-state index contributed by atoms with van der Waals surface area (Å²) in [5, 5.41) is 0.258. The van der Waals surface area contributed by atoms with Crippen molar-refractivity contribution in [1.29, 1.82) is 0 Å². The molecular formula is C32H27F4N5O3. The molecule has 5 aromatic rings. The van der Waals surface area contributed by atoms with E-state index in [0.717, 1.165) is 6.07 Å². The molecule has 0 aliphatic rings. The molecule has 0 bridgehead atoms. The molecule has 5 rings (SSSR count). The molecule has 12 heteroatoms. The van der Waals surface area contributed by atoms with E-state index < -0.39 is 41.5 Å². The lowest BCUT2D eigenvalue weighted by Gasteiger charge is -2.31. The Hall–Kier alpha value is -5.13. The summed E-state index contributed by atoms with van der Waals surface area (Å²) in [6.45, 7) is 3.97. The smallest absolute Gasteiger partial charge is 0.419 e. The number of hydrogen-bond donors (Lipinski definition) is 0. The molecule has 0 unspecified atom stereocenters. The molecule has 0 spiro atoms. The minimum atomic E-state index is -4.93. The van der Waals surface area contributed by atoms with Gasteiger partial charge in [0.1, 0.15) is 17.4 Å². The zero-order chi connectivity index (χ0) is 31.4. The second kappa shape index (κ2) is 12.6. The number of carbonyl (C=O) groups excluding carboxylic acids is 1. The largest absolute Gasteiger partial charge is 0.494 e. The molecule has 0 radical (unpaired) electrons. The minimum absolute atomic E-state index is 0.000562. The standard InChI is InChI=1S/C32H27F4N5O3/c1-3-44-24-11-9-23(10-12-24)41-30(39-29-25(31(41)43)7-5-15-38-29)20(2)40(19-22-6-4-14-37-18-22)28(42)17-21-8-13-27(33)26(16-21)32(34,35)36/h4-16,18,20H,3,17,19H2,1-2H3/t20-/m0/s1. The zero-order valence-electron chi connectivity index (χ0n) is 23.8. The van der Waals surface area contributed by atoms with Gasteiger partial charge >= 0.3 is 6.18 Å². The number of fused-ring (bicyclic) bond motifs is 1. The summed E-state index contributed by atoms with van der Waals surface area (Å²) in [7, 11) is 0. The van der Waals surface area contributed by atoms with E-state index in [0.29, 0.717) is 35.7 Å². The maximum Gasteiger partial charge on any atom is 0.419 e. The lowest BCUT2D eigenvalue weighted by Crippen LogP contribution is -2.38. The number of pyridine rings is 2. The zero-order valence-corrected chi connectivity index (χ0v) is 23.8. The van der Waals surface area contributed by atoms with E-state index in [2.05, 4.69) is 9.97 Å². The monoisotopic (exact) mass is 605 g/mol. The molecule has 1 atom stereocenters. The maximum absolute atomic E-state index is 14.0. The van der Waals surface area contributed by atoms with Gasteiger partial charge < -0.3 is 9.64 Å². The predicted molar refractivity (Wildman–Crippen MR) is 155 cm³/mol. The first-order valence-corrected chi connectivity index (χ1v) is 13.7. The maximum atomic E-state index is 14.0. The minimum Gasteiger partial charge on any atom is -0.494 e. The third-order valence-corrected chi connectivity index (χ3v) is 7.00. The lowest BCUT2D eigenvalue weighted by atomic mass is 10.1. The van der Waals surface area contributed by atoms with Crippen molar-refractivity contribution in [2.24, 2.45) is 0 Å². The molecule has 0 N–H and O–H groups in total. The Balaban J connectivity index is 1.62. The normalized spacial score (nSPS) is 12.2. The van der Waals surface area contributed by atoms with Gasteiger partial charge in [-0.2, -0.15) is 13.2 Å². The van der Waals surface area contributed by atoms with Crippen molar-refractivity contribution < 1.29 is 27.1 Å². The summed E-state index contributed by atoms with van der Waals surface area (Å²) in [5.41, 5.74) is -0.636. The third-order valence-electron chi connectivity index (χ3n) is 7.00. The lowest BCUT2D eigenvalue weighted by molar-refractivity contribution is -0.140. The number of amides is 1. The summed E-state index contributed by atoms with van der Waals surface area (Å²) < 4.78 is 61.1. The van der Waals surface area contributed by atoms with Gasteiger partial charge in [0.2, 0.25) is 5.91 Å². The van der Waals surface area contributed by atoms with Crippen LogP contribution in [-0.2, 0) is 23.9 Å². The summed E-state index contributed by atoms with van der Waals surface area (Å²) in [6.07, 6.45) is -0.775. The second-order valence-corrected chi connectivity index (χ2v) is 9.96. The number of hydrogen-bond acceptors (Lipinski definition) is 6. The van der Waals surface area contributed by atoms with Crippen LogP contribution >= 0.6 is 0 Å². The van der Waals surface area contributed by atoms with Gasteiger partial charge in [0, 0.05) is 25.1 Å². The van der Waals surface area contributed by atoms with Crippen molar-refractivity contribution in [2.75, 3.05) is 6.61 Å². The summed E-state index contributed by atoms with van der Waals surface area (Å²) >= 11 is 0. The number of benzene rings is 2. The van der Waals surface area contributed by atoms with Crippen LogP contribution in [-0.4, -0.2) is 36.9 Å². The number of ether oxygens (including phenoxy) is 1. The second-order valence-electron chi connectivity index (χ2n) is 9.96. The first kappa shape index (κ1) is 30.3. The fourth-order valence-corrected chi connectivity index (χ4v) is 4.87. The van der Waals surface area contributed by atoms with Gasteiger partial charge in [-0.25, -0.2) is 14.4 Å². The van der Waals surface area contributed by atoms with Crippen molar-refractivity contribution in [3.63, 3.8) is 0 Å². The number of rotatable bonds is 9. The Bertz CT molecular complexity index is 1840. The van der Waals surface area contributed by atoms with Crippen molar-refractivity contribution in [2.45, 2.75) is 39.0 Å². The van der Waals surface area contributed by atoms with Gasteiger partial charge in [0.25, 0.3) is 5.56 Å². The van der Waals surface area contributed by atoms with Crippen molar-refractivity contribution in [1.82, 2.24) is 24.4 Å². The Morgan fingerprint density at radius 2 is 1.77 bits per heavy atom. The van der Waals surface area contributed by atoms with Crippen molar-refractivity contribution in [3.8, 4) is 11.4 Å². The van der Waals surface area contributed by atoms with Crippen LogP contribution in [0.1, 0.15) is 42.4 Å². The molecule has 44 heavy (non-hydrogen) atoms. The fourth-order valence-electron chi connectivity index (χ4n) is 4.87. The fraction of sp³-hybridized carbons (Fsp3) is 0.219. The van der Waals surface area contributed by atoms with E-state index >= 15 is 0 Å². The van der Waals surface area contributed by atoms with E-state index in [4.69, 9.17) is 9.72 Å². The van der Waals surface area contributed by atoms with Crippen LogP contribution < -0.4 is 10.3 Å². The van der Waals surface area contributed by atoms with Crippen LogP contribution in [0.25, 0.3) is 16.7 Å². The van der Waals surface area contributed by atoms with Crippen LogP contribution in [0, 0.1) is 5.82 Å². The number of nitrogens with zero attached hydrogens (tertiary/aromatic N) is 5. The van der Waals surface area contributed by atoms with E-state index in [1.165, 1.54) is 15.7 Å². The van der Waals surface area contributed by atoms with Crippen molar-refractivity contribution in [3.05, 3.63) is 124 Å². The first-order chi connectivity index (χ1) is 21.1. The van der Waals surface area contributed by atoms with Crippen LogP contribution in [0.15, 0.2) is 90.1 Å². The van der Waals surface area contributed by atoms with Gasteiger partial charge in [-0.05, 0) is 79.6 Å². The van der Waals surface area contributed by atoms with Gasteiger partial charge in [-0.1, -0.05) is 12.1 Å². The molecule has 2 aromatic carbocycles. The summed E-state index contributed by atoms with van der Waals surface area (Å²) in [4.78, 5) is 42.2. The molecule has 1 amide bonds. The van der Waals surface area contributed by atoms with Gasteiger partial charge in [-0.15, -0.1) is 0 Å². The average molecular weight is 606 g/mol. The number of halogens is 4. The average Bonchev–Trinajstić information content (AvgIpc) is 3.01. The van der Waals surface area contributed by atoms with Crippen LogP contribution in [0.5, 0.6) is 5.75 Å². The molecular weight excluding hydrogens is 578 g/mol. The molecule has 8 nitrogen and oxygen atoms in total. The molecule has 3 aromatic heterocycles. The predicted octanol–water partition coefficient (Wildman–Crippen LogP) is 6.06. The highest BCUT2D eigenvalue weighted by Crippen LogP contribution is 2.32. The SMILES string of the molecule is CCOc1ccc(-n2c([C@H](C)N(Cc3cccnc3)C(=O)Cc3ccc(F)c(C(F)(F)F)c3)nc3ncccc3c2=O)cc1. The Labute approximate surface area is 249 Å². The molecule has 0 aliphatic heterocycles. The summed E-state index contributed by atoms with van der Waals surface area (Å²) in [6, 6.07) is 15.0. The quantitative estimate of drug-likeness (QED) is 0.190. The van der Waals surface area contributed by atoms with E-state index in [1.807, 2.05) is 6.92 Å². The van der Waals surface area contributed by atoms with Crippen molar-refractivity contribution >= 4 is 16.9 Å². The highest BCUT2D eigenvalue weighted by Gasteiger charge is 2.35.